The summed E-state index contributed by atoms with van der Waals surface area (Å²) in [5, 5.41) is 10.5. The lowest BCUT2D eigenvalue weighted by molar-refractivity contribution is 0.0104. The van der Waals surface area contributed by atoms with Gasteiger partial charge in [0.25, 0.3) is 0 Å². The Hall–Kier alpha value is -0.820. The molecule has 0 aromatic heterocycles. The molecule has 0 saturated heterocycles. The van der Waals surface area contributed by atoms with Crippen molar-refractivity contribution in [2.24, 2.45) is 5.41 Å². The van der Waals surface area contributed by atoms with E-state index in [9.17, 15) is 5.11 Å². The van der Waals surface area contributed by atoms with Crippen molar-refractivity contribution in [2.75, 3.05) is 0 Å². The van der Waals surface area contributed by atoms with Crippen LogP contribution in [0.15, 0.2) is 24.3 Å². The summed E-state index contributed by atoms with van der Waals surface area (Å²) >= 11 is 0. The van der Waals surface area contributed by atoms with Crippen molar-refractivity contribution in [3.63, 3.8) is 0 Å². The van der Waals surface area contributed by atoms with Crippen LogP contribution in [-0.4, -0.2) is 11.2 Å². The van der Waals surface area contributed by atoms with Crippen LogP contribution in [0.25, 0.3) is 0 Å². The van der Waals surface area contributed by atoms with Gasteiger partial charge in [0.05, 0.1) is 6.10 Å². The van der Waals surface area contributed by atoms with Crippen molar-refractivity contribution in [3.8, 4) is 0 Å². The van der Waals surface area contributed by atoms with Gasteiger partial charge in [0.2, 0.25) is 0 Å². The largest absolute Gasteiger partial charge is 0.392 e. The monoisotopic (exact) mass is 246 g/mol. The molecule has 0 bridgehead atoms. The average molecular weight is 246 g/mol. The van der Waals surface area contributed by atoms with Crippen molar-refractivity contribution >= 4 is 0 Å². The van der Waals surface area contributed by atoms with E-state index in [4.69, 9.17) is 0 Å². The van der Waals surface area contributed by atoms with E-state index in [1.807, 2.05) is 0 Å². The van der Waals surface area contributed by atoms with E-state index < -0.39 is 0 Å². The molecule has 1 saturated carbocycles. The van der Waals surface area contributed by atoms with Crippen LogP contribution >= 0.6 is 0 Å². The van der Waals surface area contributed by atoms with E-state index in [-0.39, 0.29) is 11.5 Å². The topological polar surface area (TPSA) is 20.2 Å². The second kappa shape index (κ2) is 5.88. The Balaban J connectivity index is 1.98. The van der Waals surface area contributed by atoms with Crippen LogP contribution in [0, 0.1) is 5.41 Å². The van der Waals surface area contributed by atoms with E-state index >= 15 is 0 Å². The fourth-order valence-electron chi connectivity index (χ4n) is 3.07. The quantitative estimate of drug-likeness (QED) is 0.847. The van der Waals surface area contributed by atoms with Gasteiger partial charge in [0.15, 0.2) is 0 Å². The molecule has 1 atom stereocenters. The van der Waals surface area contributed by atoms with Crippen LogP contribution < -0.4 is 0 Å². The molecular formula is C17H26O. The van der Waals surface area contributed by atoms with Gasteiger partial charge >= 0.3 is 0 Å². The SMILES string of the molecule is CCc1ccc(CC(O)C2(C)CCCCC2)cc1. The van der Waals surface area contributed by atoms with Crippen molar-refractivity contribution in [2.45, 2.75) is 64.9 Å². The molecule has 0 aliphatic heterocycles. The number of rotatable bonds is 4. The number of aryl methyl sites for hydroxylation is 1. The third-order valence-corrected chi connectivity index (χ3v) is 4.66. The average Bonchev–Trinajstić information content (AvgIpc) is 2.40. The Bertz CT molecular complexity index is 360. The minimum absolute atomic E-state index is 0.141. The van der Waals surface area contributed by atoms with E-state index in [0.717, 1.165) is 12.8 Å². The molecule has 1 aliphatic carbocycles. The normalized spacial score (nSPS) is 20.6. The van der Waals surface area contributed by atoms with Gasteiger partial charge in [-0.1, -0.05) is 57.4 Å². The minimum atomic E-state index is -0.190. The lowest BCUT2D eigenvalue weighted by Gasteiger charge is -2.38. The Morgan fingerprint density at radius 3 is 2.17 bits per heavy atom. The molecule has 1 heteroatoms. The Morgan fingerprint density at radius 1 is 1.06 bits per heavy atom. The van der Waals surface area contributed by atoms with E-state index in [0.29, 0.717) is 0 Å². The van der Waals surface area contributed by atoms with Gasteiger partial charge in [-0.25, -0.2) is 0 Å². The van der Waals surface area contributed by atoms with Crippen LogP contribution in [0.1, 0.15) is 57.1 Å². The van der Waals surface area contributed by atoms with Gasteiger partial charge in [0.1, 0.15) is 0 Å². The smallest absolute Gasteiger partial charge is 0.0634 e. The Morgan fingerprint density at radius 2 is 1.61 bits per heavy atom. The zero-order chi connectivity index (χ0) is 13.0. The molecule has 1 fully saturated rings. The first kappa shape index (κ1) is 13.6. The molecule has 1 nitrogen and oxygen atoms in total. The zero-order valence-corrected chi connectivity index (χ0v) is 11.8. The first-order chi connectivity index (χ1) is 8.64. The molecule has 0 spiro atoms. The highest BCUT2D eigenvalue weighted by Gasteiger charge is 2.34. The van der Waals surface area contributed by atoms with Crippen molar-refractivity contribution in [1.29, 1.82) is 0 Å². The fraction of sp³-hybridized carbons (Fsp3) is 0.647. The summed E-state index contributed by atoms with van der Waals surface area (Å²) in [6, 6.07) is 8.72. The predicted molar refractivity (Wildman–Crippen MR) is 76.7 cm³/mol. The van der Waals surface area contributed by atoms with Crippen LogP contribution in [0.2, 0.25) is 0 Å². The third-order valence-electron chi connectivity index (χ3n) is 4.66. The summed E-state index contributed by atoms with van der Waals surface area (Å²) in [4.78, 5) is 0. The molecular weight excluding hydrogens is 220 g/mol. The van der Waals surface area contributed by atoms with E-state index in [2.05, 4.69) is 38.1 Å². The molecule has 2 rings (SSSR count). The molecule has 0 amide bonds. The lowest BCUT2D eigenvalue weighted by Crippen LogP contribution is -2.35. The van der Waals surface area contributed by atoms with Gasteiger partial charge < -0.3 is 5.11 Å². The predicted octanol–water partition coefficient (Wildman–Crippen LogP) is 4.12. The number of hydrogen-bond donors (Lipinski definition) is 1. The highest BCUT2D eigenvalue weighted by Crippen LogP contribution is 2.39. The maximum absolute atomic E-state index is 10.5. The molecule has 100 valence electrons. The molecule has 1 aromatic carbocycles. The molecule has 1 unspecified atom stereocenters. The fourth-order valence-corrected chi connectivity index (χ4v) is 3.07. The lowest BCUT2D eigenvalue weighted by atomic mass is 9.70. The van der Waals surface area contributed by atoms with Crippen molar-refractivity contribution < 1.29 is 5.11 Å². The maximum Gasteiger partial charge on any atom is 0.0634 e. The summed E-state index contributed by atoms with van der Waals surface area (Å²) in [5.74, 6) is 0. The number of hydrogen-bond acceptors (Lipinski definition) is 1. The van der Waals surface area contributed by atoms with Crippen LogP contribution in [0.5, 0.6) is 0 Å². The van der Waals surface area contributed by atoms with Gasteiger partial charge in [-0.2, -0.15) is 0 Å². The molecule has 1 aliphatic rings. The highest BCUT2D eigenvalue weighted by molar-refractivity contribution is 5.23. The summed E-state index contributed by atoms with van der Waals surface area (Å²) in [7, 11) is 0. The van der Waals surface area contributed by atoms with E-state index in [1.165, 1.54) is 43.2 Å². The number of benzene rings is 1. The van der Waals surface area contributed by atoms with Gasteiger partial charge in [-0.15, -0.1) is 0 Å². The molecule has 1 aromatic rings. The number of aliphatic hydroxyl groups excluding tert-OH is 1. The Labute approximate surface area is 111 Å². The van der Waals surface area contributed by atoms with Gasteiger partial charge in [-0.3, -0.25) is 0 Å². The van der Waals surface area contributed by atoms with E-state index in [1.54, 1.807) is 0 Å². The van der Waals surface area contributed by atoms with Crippen molar-refractivity contribution in [3.05, 3.63) is 35.4 Å². The molecule has 0 heterocycles. The minimum Gasteiger partial charge on any atom is -0.392 e. The van der Waals surface area contributed by atoms with Crippen molar-refractivity contribution in [1.82, 2.24) is 0 Å². The summed E-state index contributed by atoms with van der Waals surface area (Å²) in [5.41, 5.74) is 2.78. The zero-order valence-electron chi connectivity index (χ0n) is 11.8. The third kappa shape index (κ3) is 3.14. The number of aliphatic hydroxyl groups is 1. The van der Waals surface area contributed by atoms with Gasteiger partial charge in [0, 0.05) is 0 Å². The second-order valence-electron chi connectivity index (χ2n) is 6.10. The molecule has 0 radical (unpaired) electrons. The van der Waals surface area contributed by atoms with Crippen LogP contribution in [-0.2, 0) is 12.8 Å². The summed E-state index contributed by atoms with van der Waals surface area (Å²) in [6.45, 7) is 4.43. The maximum atomic E-state index is 10.5. The molecule has 18 heavy (non-hydrogen) atoms. The summed E-state index contributed by atoms with van der Waals surface area (Å²) < 4.78 is 0. The standard InChI is InChI=1S/C17H26O/c1-3-14-7-9-15(10-8-14)13-16(18)17(2)11-5-4-6-12-17/h7-10,16,18H,3-6,11-13H2,1-2H3. The summed E-state index contributed by atoms with van der Waals surface area (Å²) in [6.07, 6.45) is 7.96. The van der Waals surface area contributed by atoms with Crippen LogP contribution in [0.3, 0.4) is 0 Å². The highest BCUT2D eigenvalue weighted by atomic mass is 16.3. The van der Waals surface area contributed by atoms with Crippen LogP contribution in [0.4, 0.5) is 0 Å². The first-order valence-electron chi connectivity index (χ1n) is 7.40. The molecule has 1 N–H and O–H groups in total. The second-order valence-corrected chi connectivity index (χ2v) is 6.10. The van der Waals surface area contributed by atoms with Gasteiger partial charge in [-0.05, 0) is 42.2 Å². The Kier molecular flexibility index (Phi) is 4.45. The first-order valence-corrected chi connectivity index (χ1v) is 7.40.